The predicted octanol–water partition coefficient (Wildman–Crippen LogP) is 2.31. The van der Waals surface area contributed by atoms with Crippen LogP contribution < -0.4 is 5.32 Å². The van der Waals surface area contributed by atoms with Gasteiger partial charge < -0.3 is 9.88 Å². The molecule has 0 amide bonds. The van der Waals surface area contributed by atoms with Crippen LogP contribution in [0.2, 0.25) is 0 Å². The molecule has 108 valence electrons. The lowest BCUT2D eigenvalue weighted by Crippen LogP contribution is -2.26. The van der Waals surface area contributed by atoms with Crippen LogP contribution in [-0.2, 0) is 19.5 Å². The molecule has 2 aliphatic carbocycles. The maximum Gasteiger partial charge on any atom is 0.147 e. The van der Waals surface area contributed by atoms with Gasteiger partial charge in [-0.05, 0) is 50.0 Å². The van der Waals surface area contributed by atoms with Crippen LogP contribution in [-0.4, -0.2) is 21.3 Å². The molecule has 0 saturated heterocycles. The topological polar surface area (TPSA) is 42.7 Å². The van der Waals surface area contributed by atoms with Crippen LogP contribution in [0.1, 0.15) is 43.8 Å². The summed E-state index contributed by atoms with van der Waals surface area (Å²) in [5.74, 6) is 4.89. The molecular weight excluding hydrogens is 248 g/mol. The summed E-state index contributed by atoms with van der Waals surface area (Å²) >= 11 is 0. The normalized spacial score (nSPS) is 31.5. The van der Waals surface area contributed by atoms with E-state index in [0.717, 1.165) is 49.6 Å². The number of allylic oxidation sites excluding steroid dienone is 2. The molecule has 3 unspecified atom stereocenters. The zero-order valence-corrected chi connectivity index (χ0v) is 12.1. The smallest absolute Gasteiger partial charge is 0.147 e. The number of hydrogen-bond acceptors (Lipinski definition) is 3. The Hall–Kier alpha value is -1.16. The first kappa shape index (κ1) is 12.6. The van der Waals surface area contributed by atoms with Crippen LogP contribution in [0.25, 0.3) is 0 Å². The lowest BCUT2D eigenvalue weighted by molar-refractivity contribution is 0.408. The molecular formula is C16H24N4. The molecule has 0 spiro atoms. The number of rotatable bonds is 4. The van der Waals surface area contributed by atoms with E-state index in [2.05, 4.69) is 32.2 Å². The van der Waals surface area contributed by atoms with E-state index in [0.29, 0.717) is 0 Å². The molecule has 1 fully saturated rings. The Morgan fingerprint density at radius 3 is 3.00 bits per heavy atom. The van der Waals surface area contributed by atoms with Crippen molar-refractivity contribution in [3.05, 3.63) is 23.8 Å². The zero-order valence-electron chi connectivity index (χ0n) is 12.1. The van der Waals surface area contributed by atoms with Crippen molar-refractivity contribution in [3.63, 3.8) is 0 Å². The molecule has 1 aromatic heterocycles. The lowest BCUT2D eigenvalue weighted by atomic mass is 9.94. The molecule has 0 aromatic carbocycles. The minimum Gasteiger partial charge on any atom is -0.314 e. The molecule has 1 saturated carbocycles. The van der Waals surface area contributed by atoms with E-state index in [-0.39, 0.29) is 0 Å². The quantitative estimate of drug-likeness (QED) is 0.855. The molecule has 4 nitrogen and oxygen atoms in total. The molecule has 1 aliphatic heterocycles. The van der Waals surface area contributed by atoms with Crippen molar-refractivity contribution in [2.45, 2.75) is 51.6 Å². The minimum atomic E-state index is 0.836. The van der Waals surface area contributed by atoms with Crippen LogP contribution in [0.3, 0.4) is 0 Å². The van der Waals surface area contributed by atoms with Gasteiger partial charge in [-0.3, -0.25) is 0 Å². The molecule has 2 heterocycles. The second kappa shape index (κ2) is 5.32. The average Bonchev–Trinajstić information content (AvgIpc) is 3.12. The summed E-state index contributed by atoms with van der Waals surface area (Å²) in [6, 6.07) is 0. The fraction of sp³-hybridized carbons (Fsp3) is 0.750. The third kappa shape index (κ3) is 2.30. The monoisotopic (exact) mass is 272 g/mol. The summed E-state index contributed by atoms with van der Waals surface area (Å²) < 4.78 is 2.35. The number of hydrogen-bond donors (Lipinski definition) is 1. The van der Waals surface area contributed by atoms with Crippen molar-refractivity contribution in [3.8, 4) is 0 Å². The molecule has 4 rings (SSSR count). The van der Waals surface area contributed by atoms with Crippen LogP contribution in [0.15, 0.2) is 12.2 Å². The maximum atomic E-state index is 4.39. The summed E-state index contributed by atoms with van der Waals surface area (Å²) in [6.45, 7) is 3.12. The molecule has 4 heteroatoms. The highest BCUT2D eigenvalue weighted by atomic mass is 15.3. The number of nitrogens with one attached hydrogen (secondary N) is 1. The van der Waals surface area contributed by atoms with Gasteiger partial charge in [0.2, 0.25) is 0 Å². The zero-order chi connectivity index (χ0) is 13.4. The third-order valence-corrected chi connectivity index (χ3v) is 5.29. The molecule has 3 aliphatic rings. The molecule has 2 bridgehead atoms. The fourth-order valence-electron chi connectivity index (χ4n) is 4.17. The molecule has 0 radical (unpaired) electrons. The molecule has 1 N–H and O–H groups in total. The van der Waals surface area contributed by atoms with E-state index in [9.17, 15) is 0 Å². The average molecular weight is 272 g/mol. The van der Waals surface area contributed by atoms with Crippen LogP contribution in [0, 0.1) is 17.8 Å². The van der Waals surface area contributed by atoms with Crippen molar-refractivity contribution in [1.82, 2.24) is 20.1 Å². The Kier molecular flexibility index (Phi) is 3.34. The molecule has 3 atom stereocenters. The highest BCUT2D eigenvalue weighted by Crippen LogP contribution is 2.42. The van der Waals surface area contributed by atoms with E-state index < -0.39 is 0 Å². The first-order valence-electron chi connectivity index (χ1n) is 8.20. The number of aryl methyl sites for hydroxylation is 1. The summed E-state index contributed by atoms with van der Waals surface area (Å²) in [5.41, 5.74) is 0. The Balaban J connectivity index is 1.33. The van der Waals surface area contributed by atoms with Crippen molar-refractivity contribution in [2.75, 3.05) is 6.54 Å². The Morgan fingerprint density at radius 2 is 2.15 bits per heavy atom. The van der Waals surface area contributed by atoms with Gasteiger partial charge >= 0.3 is 0 Å². The second-order valence-corrected chi connectivity index (χ2v) is 6.67. The van der Waals surface area contributed by atoms with Gasteiger partial charge in [0.15, 0.2) is 0 Å². The van der Waals surface area contributed by atoms with E-state index in [1.807, 2.05) is 0 Å². The Morgan fingerprint density at radius 1 is 1.15 bits per heavy atom. The first-order valence-corrected chi connectivity index (χ1v) is 8.20. The van der Waals surface area contributed by atoms with E-state index in [1.165, 1.54) is 37.9 Å². The molecule has 20 heavy (non-hydrogen) atoms. The standard InChI is InChI=1S/C16H24N4/c1-2-4-15-18-19-16(20(15)7-3-1)11-17-10-14-9-12-5-6-13(14)8-12/h5-6,12-14,17H,1-4,7-11H2. The number of nitrogens with zero attached hydrogens (tertiary/aromatic N) is 3. The van der Waals surface area contributed by atoms with Gasteiger partial charge in [-0.2, -0.15) is 0 Å². The summed E-state index contributed by atoms with van der Waals surface area (Å²) in [7, 11) is 0. The van der Waals surface area contributed by atoms with E-state index >= 15 is 0 Å². The summed E-state index contributed by atoms with van der Waals surface area (Å²) in [5, 5.41) is 12.4. The molecule has 1 aromatic rings. The van der Waals surface area contributed by atoms with Gasteiger partial charge in [0.1, 0.15) is 11.6 Å². The van der Waals surface area contributed by atoms with Crippen molar-refractivity contribution >= 4 is 0 Å². The lowest BCUT2D eigenvalue weighted by Gasteiger charge is -2.18. The van der Waals surface area contributed by atoms with Gasteiger partial charge in [0.05, 0.1) is 6.54 Å². The van der Waals surface area contributed by atoms with Gasteiger partial charge in [0, 0.05) is 13.0 Å². The van der Waals surface area contributed by atoms with Gasteiger partial charge in [-0.1, -0.05) is 18.6 Å². The predicted molar refractivity (Wildman–Crippen MR) is 78.1 cm³/mol. The van der Waals surface area contributed by atoms with Crippen LogP contribution in [0.4, 0.5) is 0 Å². The number of fused-ring (bicyclic) bond motifs is 3. The second-order valence-electron chi connectivity index (χ2n) is 6.67. The van der Waals surface area contributed by atoms with Gasteiger partial charge in [-0.25, -0.2) is 0 Å². The van der Waals surface area contributed by atoms with Crippen molar-refractivity contribution < 1.29 is 0 Å². The fourth-order valence-corrected chi connectivity index (χ4v) is 4.17. The maximum absolute atomic E-state index is 4.39. The first-order chi connectivity index (χ1) is 9.90. The minimum absolute atomic E-state index is 0.836. The number of aromatic nitrogens is 3. The van der Waals surface area contributed by atoms with Gasteiger partial charge in [0.25, 0.3) is 0 Å². The highest BCUT2D eigenvalue weighted by molar-refractivity contribution is 5.10. The largest absolute Gasteiger partial charge is 0.314 e. The third-order valence-electron chi connectivity index (χ3n) is 5.29. The summed E-state index contributed by atoms with van der Waals surface area (Å²) in [4.78, 5) is 0. The van der Waals surface area contributed by atoms with Crippen molar-refractivity contribution in [1.29, 1.82) is 0 Å². The highest BCUT2D eigenvalue weighted by Gasteiger charge is 2.35. The van der Waals surface area contributed by atoms with Crippen LogP contribution in [0.5, 0.6) is 0 Å². The van der Waals surface area contributed by atoms with Crippen molar-refractivity contribution in [2.24, 2.45) is 17.8 Å². The Bertz CT molecular complexity index is 505. The van der Waals surface area contributed by atoms with Crippen LogP contribution >= 0.6 is 0 Å². The SMILES string of the molecule is C1=CC2CC1CC2CNCc1nnc2n1CCCCC2. The van der Waals surface area contributed by atoms with E-state index in [4.69, 9.17) is 0 Å². The van der Waals surface area contributed by atoms with E-state index in [1.54, 1.807) is 0 Å². The van der Waals surface area contributed by atoms with Gasteiger partial charge in [-0.15, -0.1) is 10.2 Å². The summed E-state index contributed by atoms with van der Waals surface area (Å²) in [6.07, 6.45) is 12.6. The Labute approximate surface area is 120 Å².